The predicted molar refractivity (Wildman–Crippen MR) is 61.7 cm³/mol. The van der Waals surface area contributed by atoms with Crippen molar-refractivity contribution in [3.05, 3.63) is 29.8 Å². The Hall–Kier alpha value is 0.480. The van der Waals surface area contributed by atoms with Crippen LogP contribution in [0.5, 0.6) is 0 Å². The summed E-state index contributed by atoms with van der Waals surface area (Å²) in [5.74, 6) is 0. The molecule has 0 aromatic heterocycles. The molecule has 1 aromatic carbocycles. The second-order valence-corrected chi connectivity index (χ2v) is 5.85. The van der Waals surface area contributed by atoms with Gasteiger partial charge in [0.15, 0.2) is 0 Å². The van der Waals surface area contributed by atoms with Gasteiger partial charge in [0, 0.05) is 0 Å². The largest absolute Gasteiger partial charge is 0.255 e. The van der Waals surface area contributed by atoms with Crippen molar-refractivity contribution >= 4 is 51.4 Å². The van der Waals surface area contributed by atoms with Crippen molar-refractivity contribution in [3.8, 4) is 0 Å². The molecule has 0 aliphatic carbocycles. The fourth-order valence-corrected chi connectivity index (χ4v) is 1.33. The zero-order chi connectivity index (χ0) is 7.56. The van der Waals surface area contributed by atoms with E-state index >= 15 is 0 Å². The lowest BCUT2D eigenvalue weighted by Crippen LogP contribution is -1.88. The highest BCUT2D eigenvalue weighted by atomic mass is 127. The molecule has 0 saturated carbocycles. The van der Waals surface area contributed by atoms with E-state index in [9.17, 15) is 0 Å². The smallest absolute Gasteiger partial charge is 0.0697 e. The maximum atomic E-state index is 2.24. The van der Waals surface area contributed by atoms with E-state index in [-0.39, 0.29) is 0 Å². The van der Waals surface area contributed by atoms with Gasteiger partial charge in [-0.2, -0.15) is 0 Å². The van der Waals surface area contributed by atoms with Gasteiger partial charge in [-0.05, 0) is 24.6 Å². The average molecular weight is 359 g/mol. The first-order chi connectivity index (χ1) is 4.70. The van der Waals surface area contributed by atoms with Gasteiger partial charge < -0.3 is 0 Å². The lowest BCUT2D eigenvalue weighted by Gasteiger charge is -2.06. The Labute approximate surface area is 88.8 Å². The summed E-state index contributed by atoms with van der Waals surface area (Å²) >= 11 is 4.49. The van der Waals surface area contributed by atoms with Crippen molar-refractivity contribution in [2.45, 2.75) is 6.92 Å². The van der Waals surface area contributed by atoms with Crippen LogP contribution >= 0.6 is 45.7 Å². The molecule has 0 heterocycles. The fraction of sp³-hybridized carbons (Fsp3) is 0.143. The van der Waals surface area contributed by atoms with Crippen molar-refractivity contribution in [2.75, 3.05) is 1.33 Å². The van der Waals surface area contributed by atoms with Gasteiger partial charge >= 0.3 is 0 Å². The number of anilines is 1. The highest BCUT2D eigenvalue weighted by molar-refractivity contribution is 14.2. The van der Waals surface area contributed by atoms with Gasteiger partial charge in [-0.15, -0.1) is 0 Å². The number of benzene rings is 1. The number of nitrogens with zero attached hydrogens (tertiary/aromatic N) is 1. The van der Waals surface area contributed by atoms with Crippen LogP contribution in [0.1, 0.15) is 5.56 Å². The van der Waals surface area contributed by atoms with E-state index in [0.717, 1.165) is 0 Å². The first-order valence-electron chi connectivity index (χ1n) is 2.88. The summed E-state index contributed by atoms with van der Waals surface area (Å²) in [6.45, 7) is 2.10. The van der Waals surface area contributed by atoms with Crippen LogP contribution < -0.4 is 1.33 Å². The summed E-state index contributed by atoms with van der Waals surface area (Å²) in [4.78, 5) is 0. The third kappa shape index (κ3) is 2.26. The number of rotatable bonds is 1. The van der Waals surface area contributed by atoms with Crippen LogP contribution in [0.2, 0.25) is 0 Å². The molecule has 10 heavy (non-hydrogen) atoms. The molecule has 0 fully saturated rings. The molecule has 1 rings (SSSR count). The SMILES string of the molecule is Cc1cccc(N(I)I)c1. The van der Waals surface area contributed by atoms with Crippen LogP contribution in [0, 0.1) is 6.92 Å². The van der Waals surface area contributed by atoms with E-state index in [2.05, 4.69) is 76.9 Å². The minimum atomic E-state index is 1.24. The molecule has 1 aromatic rings. The van der Waals surface area contributed by atoms with Crippen molar-refractivity contribution in [1.29, 1.82) is 0 Å². The second kappa shape index (κ2) is 3.75. The summed E-state index contributed by atoms with van der Waals surface area (Å²) in [6.07, 6.45) is 0. The summed E-state index contributed by atoms with van der Waals surface area (Å²) in [5.41, 5.74) is 2.54. The van der Waals surface area contributed by atoms with Crippen LogP contribution in [0.3, 0.4) is 0 Å². The molecular weight excluding hydrogens is 352 g/mol. The first-order valence-corrected chi connectivity index (χ1v) is 4.81. The Bertz CT molecular complexity index is 223. The van der Waals surface area contributed by atoms with Crippen LogP contribution in [-0.2, 0) is 0 Å². The minimum absolute atomic E-state index is 1.24. The molecule has 0 saturated heterocycles. The van der Waals surface area contributed by atoms with Crippen molar-refractivity contribution < 1.29 is 0 Å². The molecule has 54 valence electrons. The van der Waals surface area contributed by atoms with E-state index in [1.807, 2.05) is 1.33 Å². The summed E-state index contributed by atoms with van der Waals surface area (Å²) < 4.78 is 2.04. The van der Waals surface area contributed by atoms with Gasteiger partial charge in [0.05, 0.1) is 51.4 Å². The number of halogens is 2. The van der Waals surface area contributed by atoms with Crippen molar-refractivity contribution in [2.24, 2.45) is 0 Å². The van der Waals surface area contributed by atoms with E-state index in [4.69, 9.17) is 0 Å². The summed E-state index contributed by atoms with van der Waals surface area (Å²) in [7, 11) is 0. The zero-order valence-corrected chi connectivity index (χ0v) is 9.83. The molecule has 0 bridgehead atoms. The lowest BCUT2D eigenvalue weighted by atomic mass is 10.2. The molecule has 0 N–H and O–H groups in total. The normalized spacial score (nSPS) is 9.50. The molecule has 0 unspecified atom stereocenters. The molecule has 0 spiro atoms. The van der Waals surface area contributed by atoms with Crippen molar-refractivity contribution in [3.63, 3.8) is 0 Å². The van der Waals surface area contributed by atoms with Crippen LogP contribution in [0.15, 0.2) is 24.3 Å². The number of aryl methyl sites for hydroxylation is 1. The molecule has 0 aliphatic heterocycles. The maximum absolute atomic E-state index is 2.24. The Kier molecular flexibility index (Phi) is 3.22. The van der Waals surface area contributed by atoms with Gasteiger partial charge in [0.1, 0.15) is 0 Å². The molecule has 0 atom stereocenters. The maximum Gasteiger partial charge on any atom is 0.0697 e. The van der Waals surface area contributed by atoms with Gasteiger partial charge in [-0.1, -0.05) is 12.1 Å². The highest BCUT2D eigenvalue weighted by Crippen LogP contribution is 2.22. The number of hydrogen-bond acceptors (Lipinski definition) is 1. The van der Waals surface area contributed by atoms with E-state index in [0.29, 0.717) is 0 Å². The Balaban J connectivity index is 2.96. The summed E-state index contributed by atoms with van der Waals surface area (Å²) in [6, 6.07) is 8.40. The highest BCUT2D eigenvalue weighted by Gasteiger charge is 1.95. The van der Waals surface area contributed by atoms with E-state index in [1.54, 1.807) is 0 Å². The predicted octanol–water partition coefficient (Wildman–Crippen LogP) is 3.50. The van der Waals surface area contributed by atoms with Gasteiger partial charge in [0.2, 0.25) is 0 Å². The quantitative estimate of drug-likeness (QED) is 0.548. The standard InChI is InChI=1S/C7H7I2N/c1-6-3-2-4-7(5-6)10(8)9/h2-5H,1H3. The Morgan fingerprint density at radius 3 is 2.40 bits per heavy atom. The molecule has 3 heteroatoms. The monoisotopic (exact) mass is 359 g/mol. The molecule has 0 aliphatic rings. The van der Waals surface area contributed by atoms with Gasteiger partial charge in [0.25, 0.3) is 0 Å². The van der Waals surface area contributed by atoms with Crippen LogP contribution in [0.4, 0.5) is 5.69 Å². The lowest BCUT2D eigenvalue weighted by molar-refractivity contribution is 1.47. The molecule has 1 nitrogen and oxygen atoms in total. The molecule has 0 amide bonds. The van der Waals surface area contributed by atoms with Crippen LogP contribution in [0.25, 0.3) is 0 Å². The third-order valence-corrected chi connectivity index (χ3v) is 2.31. The topological polar surface area (TPSA) is 3.24 Å². The first kappa shape index (κ1) is 8.58. The van der Waals surface area contributed by atoms with Gasteiger partial charge in [-0.25, -0.2) is 0 Å². The third-order valence-electron chi connectivity index (χ3n) is 1.20. The second-order valence-electron chi connectivity index (χ2n) is 2.07. The summed E-state index contributed by atoms with van der Waals surface area (Å²) in [5, 5.41) is 0. The van der Waals surface area contributed by atoms with E-state index in [1.165, 1.54) is 11.3 Å². The zero-order valence-electron chi connectivity index (χ0n) is 5.51. The Morgan fingerprint density at radius 2 is 2.00 bits per heavy atom. The van der Waals surface area contributed by atoms with Gasteiger partial charge in [-0.3, -0.25) is 1.33 Å². The average Bonchev–Trinajstić information content (AvgIpc) is 1.88. The minimum Gasteiger partial charge on any atom is -0.255 e. The molecule has 0 radical (unpaired) electrons. The van der Waals surface area contributed by atoms with Crippen LogP contribution in [-0.4, -0.2) is 0 Å². The van der Waals surface area contributed by atoms with E-state index < -0.39 is 0 Å². The van der Waals surface area contributed by atoms with Crippen molar-refractivity contribution in [1.82, 2.24) is 0 Å². The Morgan fingerprint density at radius 1 is 1.30 bits per heavy atom. The fourth-order valence-electron chi connectivity index (χ4n) is 0.733. The number of hydrogen-bond donors (Lipinski definition) is 0. The molecular formula is C7H7I2N.